The van der Waals surface area contributed by atoms with Crippen LogP contribution in [0, 0.1) is 6.92 Å². The van der Waals surface area contributed by atoms with E-state index in [9.17, 15) is 4.79 Å². The van der Waals surface area contributed by atoms with Gasteiger partial charge in [0.25, 0.3) is 5.91 Å². The minimum atomic E-state index is -0.224. The van der Waals surface area contributed by atoms with Crippen LogP contribution in [0.2, 0.25) is 10.0 Å². The number of carbonyl (C=O) groups is 1. The van der Waals surface area contributed by atoms with Gasteiger partial charge in [0, 0.05) is 11.9 Å². The maximum atomic E-state index is 12.7. The first-order chi connectivity index (χ1) is 11.0. The van der Waals surface area contributed by atoms with Gasteiger partial charge in [0.05, 0.1) is 15.7 Å². The number of aryl methyl sites for hydroxylation is 2. The molecule has 118 valence electrons. The van der Waals surface area contributed by atoms with E-state index >= 15 is 0 Å². The topological polar surface area (TPSA) is 46.4 Å². The van der Waals surface area contributed by atoms with E-state index in [1.54, 1.807) is 18.2 Å². The van der Waals surface area contributed by atoms with Crippen molar-refractivity contribution in [3.8, 4) is 0 Å². The number of halogens is 2. The van der Waals surface area contributed by atoms with Gasteiger partial charge in [-0.2, -0.15) is 0 Å². The number of anilines is 1. The van der Waals surface area contributed by atoms with Crippen LogP contribution in [0.15, 0.2) is 36.5 Å². The maximum absolute atomic E-state index is 12.7. The molecule has 0 fully saturated rings. The van der Waals surface area contributed by atoms with E-state index in [0.29, 0.717) is 27.8 Å². The van der Waals surface area contributed by atoms with E-state index in [2.05, 4.69) is 10.3 Å². The number of imidazole rings is 1. The molecule has 6 heteroatoms. The molecule has 0 saturated heterocycles. The second kappa shape index (κ2) is 6.22. The van der Waals surface area contributed by atoms with Crippen molar-refractivity contribution in [3.63, 3.8) is 0 Å². The fourth-order valence-electron chi connectivity index (χ4n) is 2.45. The molecule has 0 bridgehead atoms. The molecule has 0 aliphatic carbocycles. The summed E-state index contributed by atoms with van der Waals surface area (Å²) >= 11 is 11.9. The third kappa shape index (κ3) is 3.05. The SMILES string of the molecule is CCc1nc2ccc(C)cn2c1C(=O)Nc1ccc(Cl)c(Cl)c1. The molecule has 0 saturated carbocycles. The molecule has 0 atom stereocenters. The summed E-state index contributed by atoms with van der Waals surface area (Å²) in [6, 6.07) is 8.87. The number of carbonyl (C=O) groups excluding carboxylic acids is 1. The first kappa shape index (κ1) is 15.8. The number of pyridine rings is 1. The molecule has 23 heavy (non-hydrogen) atoms. The van der Waals surface area contributed by atoms with Gasteiger partial charge in [0.15, 0.2) is 0 Å². The molecule has 1 N–H and O–H groups in total. The minimum absolute atomic E-state index is 0.224. The fourth-order valence-corrected chi connectivity index (χ4v) is 2.75. The quantitative estimate of drug-likeness (QED) is 0.741. The van der Waals surface area contributed by atoms with Crippen LogP contribution in [-0.4, -0.2) is 15.3 Å². The highest BCUT2D eigenvalue weighted by Gasteiger charge is 2.18. The molecule has 0 unspecified atom stereocenters. The molecule has 0 radical (unpaired) electrons. The Bertz CT molecular complexity index is 902. The molecular weight excluding hydrogens is 333 g/mol. The number of fused-ring (bicyclic) bond motifs is 1. The van der Waals surface area contributed by atoms with Gasteiger partial charge in [0.1, 0.15) is 11.3 Å². The molecular formula is C17H15Cl2N3O. The van der Waals surface area contributed by atoms with Crippen LogP contribution >= 0.6 is 23.2 Å². The molecule has 1 amide bonds. The predicted octanol–water partition coefficient (Wildman–Crippen LogP) is 4.76. The van der Waals surface area contributed by atoms with Gasteiger partial charge in [0.2, 0.25) is 0 Å². The van der Waals surface area contributed by atoms with Crippen molar-refractivity contribution in [2.24, 2.45) is 0 Å². The zero-order valence-corrected chi connectivity index (χ0v) is 14.2. The molecule has 0 aliphatic heterocycles. The number of amides is 1. The van der Waals surface area contributed by atoms with E-state index in [-0.39, 0.29) is 5.91 Å². The number of hydrogen-bond acceptors (Lipinski definition) is 2. The zero-order chi connectivity index (χ0) is 16.6. The Morgan fingerprint density at radius 1 is 1.22 bits per heavy atom. The fraction of sp³-hybridized carbons (Fsp3) is 0.176. The van der Waals surface area contributed by atoms with Crippen molar-refractivity contribution >= 4 is 40.4 Å². The monoisotopic (exact) mass is 347 g/mol. The summed E-state index contributed by atoms with van der Waals surface area (Å²) in [6.45, 7) is 3.95. The largest absolute Gasteiger partial charge is 0.321 e. The maximum Gasteiger partial charge on any atom is 0.274 e. The smallest absolute Gasteiger partial charge is 0.274 e. The number of benzene rings is 1. The van der Waals surface area contributed by atoms with Crippen molar-refractivity contribution < 1.29 is 4.79 Å². The third-order valence-electron chi connectivity index (χ3n) is 3.57. The molecule has 4 nitrogen and oxygen atoms in total. The average molecular weight is 348 g/mol. The predicted molar refractivity (Wildman–Crippen MR) is 93.7 cm³/mol. The number of nitrogens with zero attached hydrogens (tertiary/aromatic N) is 2. The molecule has 0 spiro atoms. The summed E-state index contributed by atoms with van der Waals surface area (Å²) in [5.74, 6) is -0.224. The van der Waals surface area contributed by atoms with Gasteiger partial charge in [-0.1, -0.05) is 36.2 Å². The van der Waals surface area contributed by atoms with Crippen LogP contribution in [0.25, 0.3) is 5.65 Å². The average Bonchev–Trinajstić information content (AvgIpc) is 2.88. The van der Waals surface area contributed by atoms with Gasteiger partial charge >= 0.3 is 0 Å². The molecule has 1 aromatic carbocycles. The summed E-state index contributed by atoms with van der Waals surface area (Å²) in [6.07, 6.45) is 2.58. The van der Waals surface area contributed by atoms with Crippen molar-refractivity contribution in [2.75, 3.05) is 5.32 Å². The lowest BCUT2D eigenvalue weighted by Gasteiger charge is -2.08. The minimum Gasteiger partial charge on any atom is -0.321 e. The Hall–Kier alpha value is -2.04. The first-order valence-corrected chi connectivity index (χ1v) is 7.99. The van der Waals surface area contributed by atoms with Crippen LogP contribution in [-0.2, 0) is 6.42 Å². The molecule has 3 aromatic rings. The van der Waals surface area contributed by atoms with Crippen LogP contribution in [0.3, 0.4) is 0 Å². The molecule has 3 rings (SSSR count). The lowest BCUT2D eigenvalue weighted by molar-refractivity contribution is 0.102. The summed E-state index contributed by atoms with van der Waals surface area (Å²) in [5, 5.41) is 3.70. The van der Waals surface area contributed by atoms with Crippen LogP contribution < -0.4 is 5.32 Å². The van der Waals surface area contributed by atoms with Crippen molar-refractivity contribution in [2.45, 2.75) is 20.3 Å². The van der Waals surface area contributed by atoms with Gasteiger partial charge in [-0.05, 0) is 43.2 Å². The van der Waals surface area contributed by atoms with Gasteiger partial charge in [-0.3, -0.25) is 9.20 Å². The summed E-state index contributed by atoms with van der Waals surface area (Å²) < 4.78 is 1.82. The van der Waals surface area contributed by atoms with Crippen molar-refractivity contribution in [3.05, 3.63) is 63.5 Å². The second-order valence-electron chi connectivity index (χ2n) is 5.28. The van der Waals surface area contributed by atoms with Crippen LogP contribution in [0.5, 0.6) is 0 Å². The summed E-state index contributed by atoms with van der Waals surface area (Å²) in [5.41, 5.74) is 3.70. The van der Waals surface area contributed by atoms with E-state index in [0.717, 1.165) is 16.9 Å². The third-order valence-corrected chi connectivity index (χ3v) is 4.31. The lowest BCUT2D eigenvalue weighted by Crippen LogP contribution is -2.16. The summed E-state index contributed by atoms with van der Waals surface area (Å²) in [7, 11) is 0. The highest BCUT2D eigenvalue weighted by molar-refractivity contribution is 6.42. The van der Waals surface area contributed by atoms with Crippen molar-refractivity contribution in [1.29, 1.82) is 0 Å². The Balaban J connectivity index is 2.02. The standard InChI is InChI=1S/C17H15Cl2N3O/c1-3-14-16(22-9-10(2)4-7-15(22)21-14)17(23)20-11-5-6-12(18)13(19)8-11/h4-9H,3H2,1-2H3,(H,20,23). The van der Waals surface area contributed by atoms with Gasteiger partial charge in [-0.25, -0.2) is 4.98 Å². The van der Waals surface area contributed by atoms with E-state index < -0.39 is 0 Å². The van der Waals surface area contributed by atoms with Gasteiger partial charge < -0.3 is 5.32 Å². The summed E-state index contributed by atoms with van der Waals surface area (Å²) in [4.78, 5) is 17.3. The Morgan fingerprint density at radius 2 is 2.00 bits per heavy atom. The van der Waals surface area contributed by atoms with E-state index in [1.807, 2.05) is 36.6 Å². The van der Waals surface area contributed by atoms with Crippen LogP contribution in [0.4, 0.5) is 5.69 Å². The molecule has 2 heterocycles. The first-order valence-electron chi connectivity index (χ1n) is 7.23. The Kier molecular flexibility index (Phi) is 4.28. The molecule has 0 aliphatic rings. The molecule has 2 aromatic heterocycles. The zero-order valence-electron chi connectivity index (χ0n) is 12.7. The highest BCUT2D eigenvalue weighted by Crippen LogP contribution is 2.25. The Morgan fingerprint density at radius 3 is 2.70 bits per heavy atom. The highest BCUT2D eigenvalue weighted by atomic mass is 35.5. The Labute approximate surface area is 144 Å². The number of hydrogen-bond donors (Lipinski definition) is 1. The normalized spacial score (nSPS) is 11.0. The number of nitrogens with one attached hydrogen (secondary N) is 1. The second-order valence-corrected chi connectivity index (χ2v) is 6.09. The number of aromatic nitrogens is 2. The number of rotatable bonds is 3. The lowest BCUT2D eigenvalue weighted by atomic mass is 10.2. The van der Waals surface area contributed by atoms with Gasteiger partial charge in [-0.15, -0.1) is 0 Å². The van der Waals surface area contributed by atoms with E-state index in [4.69, 9.17) is 23.2 Å². The van der Waals surface area contributed by atoms with Crippen LogP contribution in [0.1, 0.15) is 28.7 Å². The van der Waals surface area contributed by atoms with Crippen molar-refractivity contribution in [1.82, 2.24) is 9.38 Å². The van der Waals surface area contributed by atoms with E-state index in [1.165, 1.54) is 0 Å².